The first-order chi connectivity index (χ1) is 15.9. The van der Waals surface area contributed by atoms with Crippen LogP contribution in [0.3, 0.4) is 0 Å². The van der Waals surface area contributed by atoms with Gasteiger partial charge < -0.3 is 10.2 Å². The van der Waals surface area contributed by atoms with Crippen LogP contribution in [0.4, 0.5) is 4.39 Å². The van der Waals surface area contributed by atoms with Crippen LogP contribution < -0.4 is 15.8 Å². The minimum atomic E-state index is -0.802. The molecule has 1 unspecified atom stereocenters. The van der Waals surface area contributed by atoms with Gasteiger partial charge in [0.15, 0.2) is 11.8 Å². The third-order valence-electron chi connectivity index (χ3n) is 5.82. The van der Waals surface area contributed by atoms with Crippen LogP contribution in [0.2, 0.25) is 10.0 Å². The summed E-state index contributed by atoms with van der Waals surface area (Å²) < 4.78 is 17.0. The number of imidazole rings is 1. The second-order valence-corrected chi connectivity index (χ2v) is 8.92. The molecule has 1 aliphatic rings. The van der Waals surface area contributed by atoms with Crippen molar-refractivity contribution in [3.8, 4) is 11.1 Å². The summed E-state index contributed by atoms with van der Waals surface area (Å²) in [4.78, 5) is 25.4. The Balaban J connectivity index is 1.45. The van der Waals surface area contributed by atoms with Gasteiger partial charge in [0, 0.05) is 40.7 Å². The molecule has 11 heteroatoms. The molecule has 0 aliphatic carbocycles. The maximum absolute atomic E-state index is 14.0. The van der Waals surface area contributed by atoms with Crippen LogP contribution in [0.5, 0.6) is 0 Å². The number of rotatable bonds is 6. The highest BCUT2D eigenvalue weighted by Gasteiger charge is 2.21. The van der Waals surface area contributed by atoms with Gasteiger partial charge in [-0.05, 0) is 50.6 Å². The van der Waals surface area contributed by atoms with Gasteiger partial charge in [0.05, 0.1) is 11.2 Å². The van der Waals surface area contributed by atoms with Crippen LogP contribution in [0.15, 0.2) is 41.6 Å². The Bertz CT molecular complexity index is 1380. The molecule has 0 amide bonds. The van der Waals surface area contributed by atoms with E-state index in [0.29, 0.717) is 17.1 Å². The van der Waals surface area contributed by atoms with Gasteiger partial charge in [-0.3, -0.25) is 9.67 Å². The molecule has 1 saturated heterocycles. The molecule has 1 aliphatic heterocycles. The van der Waals surface area contributed by atoms with Gasteiger partial charge in [0.2, 0.25) is 0 Å². The summed E-state index contributed by atoms with van der Waals surface area (Å²) in [7, 11) is 0. The highest BCUT2D eigenvalue weighted by molar-refractivity contribution is 6.36. The van der Waals surface area contributed by atoms with Gasteiger partial charge in [0.1, 0.15) is 11.3 Å². The van der Waals surface area contributed by atoms with Crippen molar-refractivity contribution in [2.24, 2.45) is 5.92 Å². The largest absolute Gasteiger partial charge is 0.401 e. The molecule has 8 nitrogen and oxygen atoms in total. The summed E-state index contributed by atoms with van der Waals surface area (Å²) >= 11 is 12.3. The van der Waals surface area contributed by atoms with E-state index in [4.69, 9.17) is 28.0 Å². The smallest absolute Gasteiger partial charge is 0.360 e. The van der Waals surface area contributed by atoms with Gasteiger partial charge in [0.25, 0.3) is 0 Å². The van der Waals surface area contributed by atoms with Crippen molar-refractivity contribution in [3.63, 3.8) is 0 Å². The number of aromatic amines is 1. The lowest BCUT2D eigenvalue weighted by atomic mass is 10.1. The van der Waals surface area contributed by atoms with E-state index in [1.807, 2.05) is 10.9 Å². The Morgan fingerprint density at radius 3 is 2.94 bits per heavy atom. The standard InChI is InChI=1S/C22H21Cl2FN6O2/c1-12(19-16(23)2-3-17(25)20(19)24)33-31-18-6-14(8-27-21(18)29-22(31)32)15-9-28-30(11-15)10-13-4-5-26-7-13/h2-3,6,8-9,11-13,26H,4-5,7,10H2,1H3,(H,27,29,32)/t12?,13-/m0/s1. The normalized spacial score (nSPS) is 17.0. The molecule has 5 rings (SSSR count). The highest BCUT2D eigenvalue weighted by atomic mass is 35.5. The molecule has 4 aromatic rings. The molecular formula is C22H21Cl2FN6O2. The van der Waals surface area contributed by atoms with Gasteiger partial charge in [-0.1, -0.05) is 23.2 Å². The van der Waals surface area contributed by atoms with E-state index in [2.05, 4.69) is 20.4 Å². The Hall–Kier alpha value is -2.88. The molecule has 3 aromatic heterocycles. The molecule has 0 saturated carbocycles. The first kappa shape index (κ1) is 21.9. The van der Waals surface area contributed by atoms with Crippen LogP contribution in [0.25, 0.3) is 22.3 Å². The van der Waals surface area contributed by atoms with E-state index in [9.17, 15) is 9.18 Å². The van der Waals surface area contributed by atoms with Gasteiger partial charge in [-0.15, -0.1) is 4.73 Å². The van der Waals surface area contributed by atoms with Gasteiger partial charge in [-0.25, -0.2) is 14.2 Å². The third kappa shape index (κ3) is 4.23. The summed E-state index contributed by atoms with van der Waals surface area (Å²) in [6.45, 7) is 4.51. The van der Waals surface area contributed by atoms with Crippen LogP contribution in [-0.4, -0.2) is 37.6 Å². The van der Waals surface area contributed by atoms with E-state index < -0.39 is 17.6 Å². The average molecular weight is 491 g/mol. The Morgan fingerprint density at radius 2 is 2.15 bits per heavy atom. The van der Waals surface area contributed by atoms with Crippen LogP contribution >= 0.6 is 23.2 Å². The number of aromatic nitrogens is 5. The predicted molar refractivity (Wildman–Crippen MR) is 124 cm³/mol. The molecule has 1 fully saturated rings. The third-order valence-corrected chi connectivity index (χ3v) is 6.53. The lowest BCUT2D eigenvalue weighted by Crippen LogP contribution is -2.26. The molecule has 0 bridgehead atoms. The Morgan fingerprint density at radius 1 is 1.30 bits per heavy atom. The number of hydrogen-bond donors (Lipinski definition) is 2. The van der Waals surface area contributed by atoms with Gasteiger partial charge in [-0.2, -0.15) is 5.10 Å². The first-order valence-corrected chi connectivity index (χ1v) is 11.3. The molecule has 2 atom stereocenters. The van der Waals surface area contributed by atoms with Crippen molar-refractivity contribution in [3.05, 3.63) is 68.7 Å². The quantitative estimate of drug-likeness (QED) is 0.401. The Labute approximate surface area is 198 Å². The zero-order valence-electron chi connectivity index (χ0n) is 17.7. The lowest BCUT2D eigenvalue weighted by molar-refractivity contribution is 0.0492. The number of hydrogen-bond acceptors (Lipinski definition) is 5. The van der Waals surface area contributed by atoms with Crippen molar-refractivity contribution < 1.29 is 9.23 Å². The zero-order valence-corrected chi connectivity index (χ0v) is 19.2. The van der Waals surface area contributed by atoms with Gasteiger partial charge >= 0.3 is 5.69 Å². The van der Waals surface area contributed by atoms with Crippen LogP contribution in [-0.2, 0) is 6.54 Å². The summed E-state index contributed by atoms with van der Waals surface area (Å²) in [6, 6.07) is 4.37. The minimum Gasteiger partial charge on any atom is -0.401 e. The summed E-state index contributed by atoms with van der Waals surface area (Å²) in [6.07, 6.45) is 5.74. The summed E-state index contributed by atoms with van der Waals surface area (Å²) in [5, 5.41) is 7.92. The van der Waals surface area contributed by atoms with E-state index in [0.717, 1.165) is 41.9 Å². The van der Waals surface area contributed by atoms with Crippen molar-refractivity contribution >= 4 is 34.4 Å². The SMILES string of the molecule is CC(On1c(=O)[nH]c2ncc(-c3cnn(C[C@H]4CCNC4)c3)cc21)c1c(Cl)ccc(F)c1Cl. The molecule has 172 valence electrons. The van der Waals surface area contributed by atoms with Crippen LogP contribution in [0.1, 0.15) is 25.0 Å². The molecular weight excluding hydrogens is 470 g/mol. The van der Waals surface area contributed by atoms with Crippen molar-refractivity contribution in [1.29, 1.82) is 0 Å². The molecule has 0 spiro atoms. The van der Waals surface area contributed by atoms with Crippen molar-refractivity contribution in [2.75, 3.05) is 13.1 Å². The second kappa shape index (κ2) is 8.81. The fourth-order valence-electron chi connectivity index (χ4n) is 4.10. The topological polar surface area (TPSA) is 89.8 Å². The predicted octanol–water partition coefficient (Wildman–Crippen LogP) is 3.83. The number of fused-ring (bicyclic) bond motifs is 1. The average Bonchev–Trinajstić information content (AvgIpc) is 3.53. The highest BCUT2D eigenvalue weighted by Crippen LogP contribution is 2.33. The van der Waals surface area contributed by atoms with E-state index in [-0.39, 0.29) is 15.6 Å². The fourth-order valence-corrected chi connectivity index (χ4v) is 4.78. The molecule has 33 heavy (non-hydrogen) atoms. The van der Waals surface area contributed by atoms with E-state index >= 15 is 0 Å². The maximum Gasteiger partial charge on any atom is 0.360 e. The minimum absolute atomic E-state index is 0.147. The monoisotopic (exact) mass is 490 g/mol. The van der Waals surface area contributed by atoms with E-state index in [1.165, 1.54) is 12.1 Å². The zero-order chi connectivity index (χ0) is 23.1. The number of nitrogens with one attached hydrogen (secondary N) is 2. The lowest BCUT2D eigenvalue weighted by Gasteiger charge is -2.17. The maximum atomic E-state index is 14.0. The molecule has 4 heterocycles. The van der Waals surface area contributed by atoms with E-state index in [1.54, 1.807) is 25.4 Å². The number of halogens is 3. The number of nitrogens with zero attached hydrogens (tertiary/aromatic N) is 4. The molecule has 2 N–H and O–H groups in total. The van der Waals surface area contributed by atoms with Crippen molar-refractivity contribution in [2.45, 2.75) is 26.0 Å². The number of H-pyrrole nitrogens is 1. The second-order valence-electron chi connectivity index (χ2n) is 8.13. The number of pyridine rings is 1. The van der Waals surface area contributed by atoms with Crippen LogP contribution in [0, 0.1) is 11.7 Å². The fraction of sp³-hybridized carbons (Fsp3) is 0.318. The van der Waals surface area contributed by atoms with Crippen molar-refractivity contribution in [1.82, 2.24) is 29.8 Å². The summed E-state index contributed by atoms with van der Waals surface area (Å²) in [5.41, 5.74) is 2.18. The first-order valence-electron chi connectivity index (χ1n) is 10.6. The number of benzene rings is 1. The molecule has 0 radical (unpaired) electrons. The summed E-state index contributed by atoms with van der Waals surface area (Å²) in [5.74, 6) is -0.0586. The molecule has 1 aromatic carbocycles. The Kier molecular flexibility index (Phi) is 5.86.